The number of fused-ring (bicyclic) bond motifs is 1. The number of halogens is 1. The van der Waals surface area contributed by atoms with Gasteiger partial charge in [-0.25, -0.2) is 9.37 Å². The predicted molar refractivity (Wildman–Crippen MR) is 60.1 cm³/mol. The van der Waals surface area contributed by atoms with Gasteiger partial charge >= 0.3 is 0 Å². The van der Waals surface area contributed by atoms with Crippen LogP contribution in [0.15, 0.2) is 18.2 Å². The largest absolute Gasteiger partial charge is 0.394 e. The zero-order valence-electron chi connectivity index (χ0n) is 9.29. The lowest BCUT2D eigenvalue weighted by molar-refractivity contribution is -0.0800. The fraction of sp³-hybridized carbons (Fsp3) is 0.364. The lowest BCUT2D eigenvalue weighted by Crippen LogP contribution is -2.35. The van der Waals surface area contributed by atoms with Crippen molar-refractivity contribution in [2.75, 3.05) is 6.61 Å². The highest BCUT2D eigenvalue weighted by molar-refractivity contribution is 5.75. The number of aromatic nitrogens is 2. The van der Waals surface area contributed by atoms with E-state index in [-0.39, 0.29) is 5.82 Å². The molecule has 6 nitrogen and oxygen atoms in total. The van der Waals surface area contributed by atoms with Gasteiger partial charge in [-0.2, -0.15) is 0 Å². The number of nitrogens with one attached hydrogen (secondary N) is 1. The number of hydrogen-bond acceptors (Lipinski definition) is 5. The molecule has 0 amide bonds. The molecular formula is C11H13FN2O4. The van der Waals surface area contributed by atoms with Crippen LogP contribution in [-0.2, 0) is 0 Å². The van der Waals surface area contributed by atoms with Crippen LogP contribution >= 0.6 is 0 Å². The Morgan fingerprint density at radius 1 is 1.28 bits per heavy atom. The van der Waals surface area contributed by atoms with Crippen molar-refractivity contribution in [1.29, 1.82) is 0 Å². The minimum Gasteiger partial charge on any atom is -0.394 e. The fourth-order valence-corrected chi connectivity index (χ4v) is 1.62. The van der Waals surface area contributed by atoms with E-state index in [0.29, 0.717) is 11.0 Å². The summed E-state index contributed by atoms with van der Waals surface area (Å²) in [6, 6.07) is 3.85. The van der Waals surface area contributed by atoms with Crippen molar-refractivity contribution in [1.82, 2.24) is 9.97 Å². The average Bonchev–Trinajstić information content (AvgIpc) is 2.78. The Morgan fingerprint density at radius 2 is 2.00 bits per heavy atom. The van der Waals surface area contributed by atoms with Gasteiger partial charge in [-0.15, -0.1) is 0 Å². The highest BCUT2D eigenvalue weighted by Gasteiger charge is 2.27. The summed E-state index contributed by atoms with van der Waals surface area (Å²) < 4.78 is 13.0. The number of nitrogens with zero attached hydrogens (tertiary/aromatic N) is 1. The number of aliphatic hydroxyl groups is 4. The number of hydrogen-bond donors (Lipinski definition) is 5. The zero-order valence-corrected chi connectivity index (χ0v) is 9.29. The molecule has 1 aromatic heterocycles. The van der Waals surface area contributed by atoms with E-state index in [9.17, 15) is 19.7 Å². The van der Waals surface area contributed by atoms with Gasteiger partial charge in [0.1, 0.15) is 30.0 Å². The summed E-state index contributed by atoms with van der Waals surface area (Å²) >= 11 is 0. The third kappa shape index (κ3) is 2.34. The summed E-state index contributed by atoms with van der Waals surface area (Å²) in [7, 11) is 0. The van der Waals surface area contributed by atoms with Gasteiger partial charge in [0, 0.05) is 0 Å². The topological polar surface area (TPSA) is 110 Å². The number of aliphatic hydroxyl groups excluding tert-OH is 4. The van der Waals surface area contributed by atoms with Gasteiger partial charge < -0.3 is 25.4 Å². The number of aromatic amines is 1. The number of H-pyrrole nitrogens is 1. The molecule has 5 N–H and O–H groups in total. The maximum Gasteiger partial charge on any atom is 0.140 e. The Hall–Kier alpha value is -1.54. The molecular weight excluding hydrogens is 243 g/mol. The first-order chi connectivity index (χ1) is 8.52. The Balaban J connectivity index is 2.30. The Morgan fingerprint density at radius 3 is 2.67 bits per heavy atom. The molecule has 0 bridgehead atoms. The van der Waals surface area contributed by atoms with Gasteiger partial charge in [0.05, 0.1) is 17.6 Å². The van der Waals surface area contributed by atoms with Gasteiger partial charge in [-0.1, -0.05) is 0 Å². The number of rotatable bonds is 4. The van der Waals surface area contributed by atoms with Gasteiger partial charge in [0.2, 0.25) is 0 Å². The van der Waals surface area contributed by atoms with E-state index in [0.717, 1.165) is 0 Å². The quantitative estimate of drug-likeness (QED) is 0.504. The van der Waals surface area contributed by atoms with Gasteiger partial charge in [0.25, 0.3) is 0 Å². The van der Waals surface area contributed by atoms with E-state index < -0.39 is 30.7 Å². The first kappa shape index (κ1) is 12.9. The normalized spacial score (nSPS) is 16.7. The van der Waals surface area contributed by atoms with Crippen molar-refractivity contribution in [3.63, 3.8) is 0 Å². The first-order valence-electron chi connectivity index (χ1n) is 5.33. The summed E-state index contributed by atoms with van der Waals surface area (Å²) in [6.45, 7) is -0.687. The van der Waals surface area contributed by atoms with Crippen molar-refractivity contribution in [2.24, 2.45) is 0 Å². The van der Waals surface area contributed by atoms with E-state index in [1.165, 1.54) is 18.2 Å². The van der Waals surface area contributed by atoms with Crippen molar-refractivity contribution >= 4 is 11.0 Å². The summed E-state index contributed by atoms with van der Waals surface area (Å²) in [6.07, 6.45) is -4.56. The summed E-state index contributed by atoms with van der Waals surface area (Å²) in [5, 5.41) is 37.2. The molecule has 0 aliphatic carbocycles. The van der Waals surface area contributed by atoms with Crippen molar-refractivity contribution in [2.45, 2.75) is 18.3 Å². The molecule has 1 heterocycles. The summed E-state index contributed by atoms with van der Waals surface area (Å²) in [5.41, 5.74) is 0.797. The molecule has 0 saturated carbocycles. The number of imidazole rings is 1. The van der Waals surface area contributed by atoms with E-state index in [2.05, 4.69) is 9.97 Å². The minimum atomic E-state index is -1.58. The van der Waals surface area contributed by atoms with Crippen molar-refractivity contribution in [3.8, 4) is 0 Å². The molecule has 2 aromatic rings. The third-order valence-corrected chi connectivity index (χ3v) is 2.65. The second-order valence-corrected chi connectivity index (χ2v) is 3.97. The SMILES string of the molecule is OC[C@@H](O)[C@@H](O)[C@H](O)c1nc2ccc(F)cc2[nH]1. The van der Waals surface area contributed by atoms with Crippen LogP contribution in [-0.4, -0.2) is 49.2 Å². The predicted octanol–water partition coefficient (Wildman–Crippen LogP) is -0.550. The molecule has 18 heavy (non-hydrogen) atoms. The molecule has 0 aliphatic rings. The van der Waals surface area contributed by atoms with E-state index in [4.69, 9.17) is 5.11 Å². The highest BCUT2D eigenvalue weighted by Crippen LogP contribution is 2.20. The van der Waals surface area contributed by atoms with Crippen molar-refractivity contribution < 1.29 is 24.8 Å². The standard InChI is InChI=1S/C11H13FN2O4/c12-5-1-2-6-7(3-5)14-11(13-6)10(18)9(17)8(16)4-15/h1-3,8-10,15-18H,4H2,(H,13,14)/t8-,9-,10+/m1/s1. The van der Waals surface area contributed by atoms with E-state index in [1.807, 2.05) is 0 Å². The summed E-state index contributed by atoms with van der Waals surface area (Å²) in [4.78, 5) is 6.61. The molecule has 0 radical (unpaired) electrons. The van der Waals surface area contributed by atoms with E-state index >= 15 is 0 Å². The molecule has 3 atom stereocenters. The highest BCUT2D eigenvalue weighted by atomic mass is 19.1. The monoisotopic (exact) mass is 256 g/mol. The van der Waals surface area contributed by atoms with Gasteiger partial charge in [0.15, 0.2) is 0 Å². The van der Waals surface area contributed by atoms with Gasteiger partial charge in [-0.05, 0) is 18.2 Å². The number of benzene rings is 1. The lowest BCUT2D eigenvalue weighted by atomic mass is 10.1. The van der Waals surface area contributed by atoms with Crippen LogP contribution in [0.3, 0.4) is 0 Å². The molecule has 0 spiro atoms. The Kier molecular flexibility index (Phi) is 3.58. The molecule has 0 fully saturated rings. The fourth-order valence-electron chi connectivity index (χ4n) is 1.62. The maximum absolute atomic E-state index is 13.0. The van der Waals surface area contributed by atoms with Crippen molar-refractivity contribution in [3.05, 3.63) is 29.8 Å². The third-order valence-electron chi connectivity index (χ3n) is 2.65. The molecule has 0 aliphatic heterocycles. The molecule has 0 saturated heterocycles. The van der Waals surface area contributed by atoms with Crippen LogP contribution in [0.5, 0.6) is 0 Å². The average molecular weight is 256 g/mol. The van der Waals surface area contributed by atoms with Crippen LogP contribution in [0, 0.1) is 5.82 Å². The van der Waals surface area contributed by atoms with Crippen LogP contribution in [0.1, 0.15) is 11.9 Å². The smallest absolute Gasteiger partial charge is 0.140 e. The second-order valence-electron chi connectivity index (χ2n) is 3.97. The Labute approximate surface area is 101 Å². The van der Waals surface area contributed by atoms with Crippen LogP contribution in [0.2, 0.25) is 0 Å². The molecule has 98 valence electrons. The van der Waals surface area contributed by atoms with E-state index in [1.54, 1.807) is 0 Å². The van der Waals surface area contributed by atoms with Crippen LogP contribution < -0.4 is 0 Å². The molecule has 0 unspecified atom stereocenters. The second kappa shape index (κ2) is 4.99. The molecule has 1 aromatic carbocycles. The Bertz CT molecular complexity index is 545. The minimum absolute atomic E-state index is 0.00407. The lowest BCUT2D eigenvalue weighted by Gasteiger charge is -2.19. The molecule has 2 rings (SSSR count). The first-order valence-corrected chi connectivity index (χ1v) is 5.33. The maximum atomic E-state index is 13.0. The van der Waals surface area contributed by atoms with Crippen LogP contribution in [0.25, 0.3) is 11.0 Å². The van der Waals surface area contributed by atoms with Crippen LogP contribution in [0.4, 0.5) is 4.39 Å². The zero-order chi connectivity index (χ0) is 13.3. The summed E-state index contributed by atoms with van der Waals surface area (Å²) in [5.74, 6) is -0.460. The van der Waals surface area contributed by atoms with Gasteiger partial charge in [-0.3, -0.25) is 0 Å². The molecule has 7 heteroatoms.